The van der Waals surface area contributed by atoms with Gasteiger partial charge in [-0.3, -0.25) is 0 Å². The Morgan fingerprint density at radius 1 is 1.15 bits per heavy atom. The van der Waals surface area contributed by atoms with Crippen LogP contribution in [0.4, 0.5) is 15.3 Å². The van der Waals surface area contributed by atoms with Crippen molar-refractivity contribution in [1.29, 1.82) is 0 Å². The number of benzene rings is 2. The van der Waals surface area contributed by atoms with E-state index in [0.29, 0.717) is 17.6 Å². The van der Waals surface area contributed by atoms with Gasteiger partial charge in [-0.1, -0.05) is 30.3 Å². The molecule has 0 aromatic heterocycles. The first-order chi connectivity index (χ1) is 9.49. The van der Waals surface area contributed by atoms with Crippen molar-refractivity contribution >= 4 is 39.8 Å². The number of carbonyl (C=O) groups is 2. The second kappa shape index (κ2) is 5.52. The van der Waals surface area contributed by atoms with Gasteiger partial charge in [-0.25, -0.2) is 4.79 Å². The van der Waals surface area contributed by atoms with Crippen molar-refractivity contribution in [3.05, 3.63) is 42.5 Å². The van der Waals surface area contributed by atoms with Gasteiger partial charge in [-0.2, -0.15) is 3.89 Å². The molecule has 1 atom stereocenters. The van der Waals surface area contributed by atoms with Gasteiger partial charge in [0, 0.05) is 11.5 Å². The van der Waals surface area contributed by atoms with Crippen LogP contribution in [0.15, 0.2) is 42.5 Å². The Balaban J connectivity index is 2.63. The van der Waals surface area contributed by atoms with Crippen LogP contribution in [-0.2, 0) is 4.74 Å². The molecule has 0 bridgehead atoms. The van der Waals surface area contributed by atoms with Crippen molar-refractivity contribution in [1.82, 2.24) is 3.89 Å². The van der Waals surface area contributed by atoms with Gasteiger partial charge in [-0.05, 0) is 11.5 Å². The van der Waals surface area contributed by atoms with E-state index in [1.807, 2.05) is 30.3 Å². The summed E-state index contributed by atoms with van der Waals surface area (Å²) in [7, 11) is 2.59. The monoisotopic (exact) mass is 291 g/mol. The van der Waals surface area contributed by atoms with Crippen LogP contribution < -0.4 is 8.99 Å². The van der Waals surface area contributed by atoms with E-state index >= 15 is 0 Å². The SMILES string of the molecule is COC(=O)S[N+](C)(C(=O)[O-])c1cccc2ccccc12. The molecule has 0 saturated carbocycles. The second-order valence-corrected chi connectivity index (χ2v) is 5.48. The lowest BCUT2D eigenvalue weighted by molar-refractivity contribution is -0.256. The van der Waals surface area contributed by atoms with Crippen molar-refractivity contribution in [2.75, 3.05) is 14.2 Å². The number of amides is 1. The average Bonchev–Trinajstić information content (AvgIpc) is 2.46. The first-order valence-electron chi connectivity index (χ1n) is 5.83. The second-order valence-electron chi connectivity index (χ2n) is 4.23. The number of hydrogen-bond acceptors (Lipinski definition) is 5. The molecule has 2 aromatic carbocycles. The number of nitrogens with zero attached hydrogens (tertiary/aromatic N) is 1. The average molecular weight is 291 g/mol. The summed E-state index contributed by atoms with van der Waals surface area (Å²) in [5, 5.41) is 12.5. The van der Waals surface area contributed by atoms with Crippen molar-refractivity contribution in [2.45, 2.75) is 0 Å². The summed E-state index contributed by atoms with van der Waals surface area (Å²) in [6.07, 6.45) is -1.39. The molecule has 0 aliphatic carbocycles. The van der Waals surface area contributed by atoms with E-state index in [9.17, 15) is 14.7 Å². The highest BCUT2D eigenvalue weighted by Gasteiger charge is 2.36. The molecule has 1 amide bonds. The Morgan fingerprint density at radius 3 is 2.45 bits per heavy atom. The quantitative estimate of drug-likeness (QED) is 0.459. The number of fused-ring (bicyclic) bond motifs is 1. The Labute approximate surface area is 120 Å². The van der Waals surface area contributed by atoms with Gasteiger partial charge in [0.1, 0.15) is 0 Å². The van der Waals surface area contributed by atoms with Gasteiger partial charge in [-0.15, -0.1) is 0 Å². The molecule has 6 heteroatoms. The van der Waals surface area contributed by atoms with Gasteiger partial charge < -0.3 is 14.6 Å². The Bertz CT molecular complexity index is 668. The van der Waals surface area contributed by atoms with Crippen molar-refractivity contribution < 1.29 is 19.4 Å². The standard InChI is InChI=1S/C14H13NO4S/c1-15(13(16)17,20-14(18)19-2)12-9-5-7-10-6-3-4-8-11(10)12/h3-9H,1-2H3. The van der Waals surface area contributed by atoms with E-state index in [4.69, 9.17) is 0 Å². The molecule has 0 aliphatic heterocycles. The maximum absolute atomic E-state index is 11.5. The number of rotatable bonds is 1. The van der Waals surface area contributed by atoms with E-state index in [1.165, 1.54) is 14.2 Å². The zero-order chi connectivity index (χ0) is 14.8. The first-order valence-corrected chi connectivity index (χ1v) is 6.60. The third-order valence-corrected chi connectivity index (χ3v) is 4.03. The summed E-state index contributed by atoms with van der Waals surface area (Å²) >= 11 is 0.537. The maximum atomic E-state index is 11.5. The van der Waals surface area contributed by atoms with Crippen molar-refractivity contribution in [3.8, 4) is 0 Å². The third kappa shape index (κ3) is 2.48. The minimum Gasteiger partial charge on any atom is -0.497 e. The molecule has 0 N–H and O–H groups in total. The van der Waals surface area contributed by atoms with E-state index in [-0.39, 0.29) is 0 Å². The highest BCUT2D eigenvalue weighted by Crippen LogP contribution is 2.36. The topological polar surface area (TPSA) is 66.4 Å². The van der Waals surface area contributed by atoms with Crippen LogP contribution in [0, 0.1) is 0 Å². The minimum absolute atomic E-state index is 0.457. The van der Waals surface area contributed by atoms with Gasteiger partial charge in [0.05, 0.1) is 14.2 Å². The fourth-order valence-corrected chi connectivity index (χ4v) is 2.66. The Morgan fingerprint density at radius 2 is 1.80 bits per heavy atom. The molecule has 0 radical (unpaired) electrons. The van der Waals surface area contributed by atoms with E-state index < -0.39 is 15.3 Å². The minimum atomic E-state index is -1.39. The fourth-order valence-electron chi connectivity index (χ4n) is 1.95. The van der Waals surface area contributed by atoms with Crippen LogP contribution in [0.2, 0.25) is 0 Å². The molecule has 0 spiro atoms. The molecule has 2 rings (SSSR count). The number of carbonyl (C=O) groups excluding carboxylic acids is 2. The summed E-state index contributed by atoms with van der Waals surface area (Å²) in [4.78, 5) is 23.0. The van der Waals surface area contributed by atoms with Gasteiger partial charge in [0.25, 0.3) is 6.09 Å². The zero-order valence-electron chi connectivity index (χ0n) is 11.0. The zero-order valence-corrected chi connectivity index (χ0v) is 11.8. The van der Waals surface area contributed by atoms with E-state index in [0.717, 1.165) is 10.8 Å². The summed E-state index contributed by atoms with van der Waals surface area (Å²) in [6.45, 7) is 0. The Hall–Kier alpha value is -2.05. The lowest BCUT2D eigenvalue weighted by Crippen LogP contribution is -2.52. The normalized spacial score (nSPS) is 13.7. The molecule has 2 aromatic rings. The fraction of sp³-hybridized carbons (Fsp3) is 0.143. The van der Waals surface area contributed by atoms with Gasteiger partial charge in [0.15, 0.2) is 5.69 Å². The predicted octanol–water partition coefficient (Wildman–Crippen LogP) is 2.53. The van der Waals surface area contributed by atoms with Crippen molar-refractivity contribution in [3.63, 3.8) is 0 Å². The lowest BCUT2D eigenvalue weighted by atomic mass is 10.1. The molecule has 1 unspecified atom stereocenters. The van der Waals surface area contributed by atoms with Crippen LogP contribution in [0.25, 0.3) is 10.8 Å². The van der Waals surface area contributed by atoms with E-state index in [1.54, 1.807) is 12.1 Å². The molecule has 0 heterocycles. The summed E-state index contributed by atoms with van der Waals surface area (Å²) in [5.74, 6) is 0. The third-order valence-electron chi connectivity index (χ3n) is 3.00. The summed E-state index contributed by atoms with van der Waals surface area (Å²) < 4.78 is 3.80. The highest BCUT2D eigenvalue weighted by molar-refractivity contribution is 8.13. The largest absolute Gasteiger partial charge is 0.497 e. The number of ether oxygens (including phenoxy) is 1. The lowest BCUT2D eigenvalue weighted by Gasteiger charge is -2.29. The predicted molar refractivity (Wildman–Crippen MR) is 77.1 cm³/mol. The number of quaternary nitrogens is 1. The molecule has 20 heavy (non-hydrogen) atoms. The summed E-state index contributed by atoms with van der Waals surface area (Å²) in [6, 6.07) is 12.6. The van der Waals surface area contributed by atoms with Gasteiger partial charge >= 0.3 is 5.30 Å². The van der Waals surface area contributed by atoms with E-state index in [2.05, 4.69) is 4.74 Å². The Kier molecular flexibility index (Phi) is 3.96. The molecule has 0 fully saturated rings. The van der Waals surface area contributed by atoms with Crippen LogP contribution in [0.5, 0.6) is 0 Å². The number of carboxylic acid groups (broad SMARTS) is 1. The molecule has 104 valence electrons. The molecule has 5 nitrogen and oxygen atoms in total. The highest BCUT2D eigenvalue weighted by atomic mass is 32.2. The van der Waals surface area contributed by atoms with Crippen LogP contribution in [0.3, 0.4) is 0 Å². The van der Waals surface area contributed by atoms with Gasteiger partial charge in [0.2, 0.25) is 11.9 Å². The first kappa shape index (κ1) is 14.4. The summed E-state index contributed by atoms with van der Waals surface area (Å²) in [5.41, 5.74) is 0.457. The number of hydrogen-bond donors (Lipinski definition) is 0. The molecular formula is C14H13NO4S. The molecule has 0 aliphatic rings. The smallest absolute Gasteiger partial charge is 0.425 e. The number of methoxy groups -OCH3 is 1. The van der Waals surface area contributed by atoms with Crippen LogP contribution >= 0.6 is 11.9 Å². The molecular weight excluding hydrogens is 278 g/mol. The van der Waals surface area contributed by atoms with Crippen molar-refractivity contribution in [2.24, 2.45) is 0 Å². The molecule has 0 saturated heterocycles. The maximum Gasteiger partial charge on any atom is 0.425 e. The van der Waals surface area contributed by atoms with Crippen LogP contribution in [-0.4, -0.2) is 25.6 Å². The van der Waals surface area contributed by atoms with Crippen LogP contribution in [0.1, 0.15) is 0 Å².